The van der Waals surface area contributed by atoms with Crippen molar-refractivity contribution in [2.75, 3.05) is 0 Å². The highest BCUT2D eigenvalue weighted by Gasteiger charge is 2.07. The van der Waals surface area contributed by atoms with Crippen molar-refractivity contribution < 1.29 is 0 Å². The van der Waals surface area contributed by atoms with E-state index in [1.165, 1.54) is 21.0 Å². The molecule has 2 aromatic carbocycles. The zero-order valence-corrected chi connectivity index (χ0v) is 10.5. The SMILES string of the molecule is Ip1c2ccccc2c2ccccc21. The molecule has 0 saturated carbocycles. The molecule has 3 aromatic rings. The van der Waals surface area contributed by atoms with Crippen molar-refractivity contribution in [2.45, 2.75) is 0 Å². The summed E-state index contributed by atoms with van der Waals surface area (Å²) in [6.45, 7) is 0. The van der Waals surface area contributed by atoms with Gasteiger partial charge in [-0.05, 0) is 50.1 Å². The maximum absolute atomic E-state index is 2.58. The molecule has 0 aliphatic rings. The van der Waals surface area contributed by atoms with Gasteiger partial charge in [-0.1, -0.05) is 36.4 Å². The van der Waals surface area contributed by atoms with Gasteiger partial charge in [0.05, 0.1) is 0 Å². The Morgan fingerprint density at radius 3 is 1.64 bits per heavy atom. The Labute approximate surface area is 96.5 Å². The van der Waals surface area contributed by atoms with Gasteiger partial charge in [-0.3, -0.25) is 0 Å². The van der Waals surface area contributed by atoms with Gasteiger partial charge in [0.1, 0.15) is 0 Å². The molecule has 0 aliphatic carbocycles. The third-order valence-corrected chi connectivity index (χ3v) is 7.27. The lowest BCUT2D eigenvalue weighted by Gasteiger charge is -1.88. The quantitative estimate of drug-likeness (QED) is 0.502. The van der Waals surface area contributed by atoms with Crippen LogP contribution in [0.3, 0.4) is 0 Å². The molecular formula is C12H8IP. The van der Waals surface area contributed by atoms with Crippen molar-refractivity contribution in [1.29, 1.82) is 0 Å². The fraction of sp³-hybridized carbons (Fsp3) is 0. The van der Waals surface area contributed by atoms with Crippen LogP contribution in [0.15, 0.2) is 48.5 Å². The van der Waals surface area contributed by atoms with E-state index in [-0.39, 0.29) is 5.18 Å². The Balaban J connectivity index is 2.69. The first-order valence-electron chi connectivity index (χ1n) is 4.52. The molecule has 0 saturated heterocycles. The number of hydrogen-bond acceptors (Lipinski definition) is 0. The van der Waals surface area contributed by atoms with Gasteiger partial charge in [-0.2, -0.15) is 0 Å². The van der Waals surface area contributed by atoms with Crippen LogP contribution in [-0.4, -0.2) is 0 Å². The third kappa shape index (κ3) is 1.12. The van der Waals surface area contributed by atoms with E-state index in [2.05, 4.69) is 70.6 Å². The van der Waals surface area contributed by atoms with Crippen molar-refractivity contribution in [3.63, 3.8) is 0 Å². The monoisotopic (exact) mass is 310 g/mol. The average Bonchev–Trinajstić information content (AvgIpc) is 2.55. The highest BCUT2D eigenvalue weighted by molar-refractivity contribution is 14.2. The molecule has 0 radical (unpaired) electrons. The number of benzene rings is 2. The summed E-state index contributed by atoms with van der Waals surface area (Å²) in [7, 11) is 0. The zero-order chi connectivity index (χ0) is 9.54. The Kier molecular flexibility index (Phi) is 2.03. The van der Waals surface area contributed by atoms with E-state index in [1.54, 1.807) is 0 Å². The van der Waals surface area contributed by atoms with Crippen LogP contribution in [0.1, 0.15) is 0 Å². The van der Waals surface area contributed by atoms with E-state index in [9.17, 15) is 0 Å². The third-order valence-electron chi connectivity index (χ3n) is 2.52. The van der Waals surface area contributed by atoms with Crippen LogP contribution in [-0.2, 0) is 0 Å². The highest BCUT2D eigenvalue weighted by atomic mass is 127. The summed E-state index contributed by atoms with van der Waals surface area (Å²) in [5.41, 5.74) is 0. The molecule has 0 N–H and O–H groups in total. The fourth-order valence-corrected chi connectivity index (χ4v) is 5.91. The predicted octanol–water partition coefficient (Wildman–Crippen LogP) is 5.18. The van der Waals surface area contributed by atoms with E-state index in [1.807, 2.05) is 0 Å². The molecule has 1 heterocycles. The topological polar surface area (TPSA) is 0 Å². The molecular weight excluding hydrogens is 302 g/mol. The first kappa shape index (κ1) is 8.75. The maximum Gasteiger partial charge on any atom is 0.0120 e. The molecule has 2 heteroatoms. The second-order valence-electron chi connectivity index (χ2n) is 3.32. The van der Waals surface area contributed by atoms with Crippen LogP contribution < -0.4 is 0 Å². The van der Waals surface area contributed by atoms with Crippen molar-refractivity contribution >= 4 is 48.2 Å². The Morgan fingerprint density at radius 2 is 1.14 bits per heavy atom. The van der Waals surface area contributed by atoms with Crippen LogP contribution in [0.2, 0.25) is 0 Å². The molecule has 0 aliphatic heterocycles. The van der Waals surface area contributed by atoms with Crippen LogP contribution >= 0.6 is 27.2 Å². The van der Waals surface area contributed by atoms with Gasteiger partial charge in [0, 0.05) is 10.2 Å². The van der Waals surface area contributed by atoms with E-state index < -0.39 is 0 Å². The maximum atomic E-state index is 2.58. The van der Waals surface area contributed by atoms with Crippen molar-refractivity contribution in [1.82, 2.24) is 0 Å². The van der Waals surface area contributed by atoms with Crippen molar-refractivity contribution in [3.8, 4) is 0 Å². The predicted molar refractivity (Wildman–Crippen MR) is 73.6 cm³/mol. The van der Waals surface area contributed by atoms with Crippen LogP contribution in [0.4, 0.5) is 0 Å². The van der Waals surface area contributed by atoms with Crippen LogP contribution in [0.5, 0.6) is 0 Å². The summed E-state index contributed by atoms with van der Waals surface area (Å²) in [4.78, 5) is 0. The molecule has 68 valence electrons. The lowest BCUT2D eigenvalue weighted by atomic mass is 10.2. The molecule has 1 aromatic heterocycles. The minimum Gasteiger partial charge on any atom is -0.0616 e. The Morgan fingerprint density at radius 1 is 0.714 bits per heavy atom. The summed E-state index contributed by atoms with van der Waals surface area (Å²) < 4.78 is 0. The first-order valence-corrected chi connectivity index (χ1v) is 8.65. The highest BCUT2D eigenvalue weighted by Crippen LogP contribution is 2.53. The van der Waals surface area contributed by atoms with E-state index in [0.717, 1.165) is 0 Å². The minimum atomic E-state index is -0.127. The lowest BCUT2D eigenvalue weighted by molar-refractivity contribution is 1.84. The molecule has 0 atom stereocenters. The molecule has 0 bridgehead atoms. The fourth-order valence-electron chi connectivity index (χ4n) is 1.87. The average molecular weight is 310 g/mol. The van der Waals surface area contributed by atoms with Gasteiger partial charge in [-0.15, -0.1) is 0 Å². The second kappa shape index (κ2) is 3.25. The van der Waals surface area contributed by atoms with Gasteiger partial charge in [0.2, 0.25) is 0 Å². The van der Waals surface area contributed by atoms with Crippen molar-refractivity contribution in [3.05, 3.63) is 48.5 Å². The molecule has 14 heavy (non-hydrogen) atoms. The van der Waals surface area contributed by atoms with E-state index in [4.69, 9.17) is 0 Å². The molecule has 0 nitrogen and oxygen atoms in total. The number of halogens is 1. The largest absolute Gasteiger partial charge is 0.0616 e. The zero-order valence-electron chi connectivity index (χ0n) is 7.44. The first-order chi connectivity index (χ1) is 6.88. The molecule has 0 fully saturated rings. The minimum absolute atomic E-state index is 0.127. The van der Waals surface area contributed by atoms with Gasteiger partial charge < -0.3 is 0 Å². The molecule has 3 rings (SSSR count). The molecule has 0 amide bonds. The number of hydrogen-bond donors (Lipinski definition) is 0. The number of fused-ring (bicyclic) bond motifs is 3. The van der Waals surface area contributed by atoms with Gasteiger partial charge in [0.15, 0.2) is 0 Å². The van der Waals surface area contributed by atoms with Gasteiger partial charge >= 0.3 is 0 Å². The summed E-state index contributed by atoms with van der Waals surface area (Å²) in [5, 5.41) is 5.78. The van der Waals surface area contributed by atoms with Gasteiger partial charge in [-0.25, -0.2) is 0 Å². The lowest BCUT2D eigenvalue weighted by Crippen LogP contribution is -1.62. The number of rotatable bonds is 0. The molecule has 0 unspecified atom stereocenters. The van der Waals surface area contributed by atoms with E-state index in [0.29, 0.717) is 0 Å². The van der Waals surface area contributed by atoms with Crippen LogP contribution in [0, 0.1) is 0 Å². The molecule has 0 spiro atoms. The summed E-state index contributed by atoms with van der Waals surface area (Å²) in [6, 6.07) is 17.5. The van der Waals surface area contributed by atoms with Crippen molar-refractivity contribution in [2.24, 2.45) is 0 Å². The Hall–Kier alpha value is -0.530. The van der Waals surface area contributed by atoms with E-state index >= 15 is 0 Å². The van der Waals surface area contributed by atoms with Gasteiger partial charge in [0.25, 0.3) is 0 Å². The normalized spacial score (nSPS) is 11.2. The smallest absolute Gasteiger partial charge is 0.0120 e. The summed E-state index contributed by atoms with van der Waals surface area (Å²) in [5.74, 6) is 0. The van der Waals surface area contributed by atoms with Crippen LogP contribution in [0.25, 0.3) is 21.0 Å². The summed E-state index contributed by atoms with van der Waals surface area (Å²) >= 11 is 2.58. The Bertz CT molecular complexity index is 557. The summed E-state index contributed by atoms with van der Waals surface area (Å²) in [6.07, 6.45) is 0. The second-order valence-corrected chi connectivity index (χ2v) is 7.73. The standard InChI is InChI=1S/C12H8IP/c13-14-11-7-3-1-5-9(11)10-6-2-4-8-12(10)14/h1-8H.